The molecule has 3 aliphatic heterocycles. The molecule has 3 aliphatic rings. The average Bonchev–Trinajstić information content (AvgIpc) is 3.29. The molecule has 0 N–H and O–H groups in total. The Labute approximate surface area is 149 Å². The summed E-state index contributed by atoms with van der Waals surface area (Å²) in [5, 5.41) is -0.0396. The second-order valence-electron chi connectivity index (χ2n) is 6.95. The number of likely N-dealkylation sites (tertiary alicyclic amines) is 3. The zero-order valence-corrected chi connectivity index (χ0v) is 15.3. The Morgan fingerprint density at radius 1 is 1.08 bits per heavy atom. The summed E-state index contributed by atoms with van der Waals surface area (Å²) in [6.07, 6.45) is 5.31. The van der Waals surface area contributed by atoms with Crippen LogP contribution in [-0.2, 0) is 9.59 Å². The maximum absolute atomic E-state index is 12.4. The van der Waals surface area contributed by atoms with Crippen molar-refractivity contribution in [2.24, 2.45) is 0 Å². The van der Waals surface area contributed by atoms with Crippen LogP contribution in [0.4, 0.5) is 0 Å². The van der Waals surface area contributed by atoms with Crippen LogP contribution >= 0.6 is 11.8 Å². The Morgan fingerprint density at radius 2 is 1.83 bits per heavy atom. The van der Waals surface area contributed by atoms with Crippen molar-refractivity contribution in [3.63, 3.8) is 0 Å². The van der Waals surface area contributed by atoms with Crippen LogP contribution in [0.15, 0.2) is 0 Å². The van der Waals surface area contributed by atoms with Gasteiger partial charge in [0.15, 0.2) is 0 Å². The lowest BCUT2D eigenvalue weighted by molar-refractivity contribution is -0.127. The van der Waals surface area contributed by atoms with Gasteiger partial charge in [-0.3, -0.25) is 19.4 Å². The molecule has 0 unspecified atom stereocenters. The molecule has 3 rings (SSSR count). The molecule has 24 heavy (non-hydrogen) atoms. The third kappa shape index (κ3) is 4.33. The fourth-order valence-electron chi connectivity index (χ4n) is 3.66. The summed E-state index contributed by atoms with van der Waals surface area (Å²) in [6, 6.07) is -0.00268. The zero-order chi connectivity index (χ0) is 16.9. The normalized spacial score (nSPS) is 28.4. The van der Waals surface area contributed by atoms with Crippen LogP contribution in [0.1, 0.15) is 32.1 Å². The lowest BCUT2D eigenvalue weighted by atomic mass is 10.2. The highest BCUT2D eigenvalue weighted by atomic mass is 32.2. The minimum atomic E-state index is -0.202. The van der Waals surface area contributed by atoms with E-state index in [9.17, 15) is 9.59 Å². The van der Waals surface area contributed by atoms with Gasteiger partial charge in [0.25, 0.3) is 0 Å². The number of nitrogens with zero attached hydrogens (tertiary/aromatic N) is 3. The van der Waals surface area contributed by atoms with Crippen molar-refractivity contribution in [3.05, 3.63) is 0 Å². The molecule has 0 bridgehead atoms. The Morgan fingerprint density at radius 3 is 2.54 bits per heavy atom. The Hall–Kier alpha value is -1.03. The van der Waals surface area contributed by atoms with Gasteiger partial charge in [-0.1, -0.05) is 23.6 Å². The lowest BCUT2D eigenvalue weighted by Crippen LogP contribution is -2.34. The van der Waals surface area contributed by atoms with Crippen molar-refractivity contribution in [1.82, 2.24) is 14.7 Å². The van der Waals surface area contributed by atoms with Crippen LogP contribution in [0.5, 0.6) is 0 Å². The zero-order valence-electron chi connectivity index (χ0n) is 14.5. The number of hydrogen-bond donors (Lipinski definition) is 0. The van der Waals surface area contributed by atoms with Crippen LogP contribution < -0.4 is 0 Å². The van der Waals surface area contributed by atoms with Crippen molar-refractivity contribution in [2.45, 2.75) is 43.4 Å². The van der Waals surface area contributed by atoms with Crippen LogP contribution in [-0.4, -0.2) is 83.3 Å². The van der Waals surface area contributed by atoms with E-state index in [1.165, 1.54) is 24.6 Å². The molecule has 3 saturated heterocycles. The molecule has 0 saturated carbocycles. The minimum absolute atomic E-state index is 0.00268. The third-order valence-electron chi connectivity index (χ3n) is 5.20. The highest BCUT2D eigenvalue weighted by Gasteiger charge is 2.36. The first-order valence-electron chi connectivity index (χ1n) is 9.03. The predicted octanol–water partition coefficient (Wildman–Crippen LogP) is 1.04. The van der Waals surface area contributed by atoms with Gasteiger partial charge >= 0.3 is 0 Å². The number of carbonyl (C=O) groups is 2. The number of rotatable bonds is 4. The Bertz CT molecular complexity index is 536. The van der Waals surface area contributed by atoms with Gasteiger partial charge in [0.1, 0.15) is 0 Å². The summed E-state index contributed by atoms with van der Waals surface area (Å²) in [5.74, 6) is 6.40. The number of amides is 1. The Kier molecular flexibility index (Phi) is 6.20. The number of likely N-dealkylation sites (N-methyl/N-ethyl adjacent to an activating group) is 1. The van der Waals surface area contributed by atoms with E-state index in [0.717, 1.165) is 52.0 Å². The molecule has 2 atom stereocenters. The van der Waals surface area contributed by atoms with Crippen LogP contribution in [0, 0.1) is 11.8 Å². The first-order chi connectivity index (χ1) is 11.6. The highest BCUT2D eigenvalue weighted by molar-refractivity contribution is 8.14. The molecule has 6 heteroatoms. The molecule has 132 valence electrons. The van der Waals surface area contributed by atoms with Crippen molar-refractivity contribution in [2.75, 3.05) is 46.3 Å². The number of carbonyl (C=O) groups excluding carboxylic acids is 2. The smallest absolute Gasteiger partial charge is 0.237 e. The van der Waals surface area contributed by atoms with E-state index in [1.807, 2.05) is 7.05 Å². The predicted molar refractivity (Wildman–Crippen MR) is 96.7 cm³/mol. The maximum Gasteiger partial charge on any atom is 0.237 e. The molecule has 1 amide bonds. The van der Waals surface area contributed by atoms with Gasteiger partial charge in [-0.25, -0.2) is 0 Å². The van der Waals surface area contributed by atoms with Crippen LogP contribution in [0.2, 0.25) is 0 Å². The molecule has 0 aromatic heterocycles. The van der Waals surface area contributed by atoms with Gasteiger partial charge in [0, 0.05) is 6.54 Å². The van der Waals surface area contributed by atoms with E-state index < -0.39 is 0 Å². The van der Waals surface area contributed by atoms with Crippen LogP contribution in [0.3, 0.4) is 0 Å². The summed E-state index contributed by atoms with van der Waals surface area (Å²) in [6.45, 7) is 5.31. The molecule has 3 heterocycles. The van der Waals surface area contributed by atoms with E-state index in [-0.39, 0.29) is 22.3 Å². The molecule has 0 spiro atoms. The molecule has 0 aliphatic carbocycles. The SMILES string of the molecule is CN1CCC[C@H]1C(=O)S[C@H]1CCN(CC#CCN2CCCC2)C1=O. The number of thioether (sulfide) groups is 1. The first-order valence-corrected chi connectivity index (χ1v) is 9.91. The fourth-order valence-corrected chi connectivity index (χ4v) is 4.87. The molecular weight excluding hydrogens is 322 g/mol. The summed E-state index contributed by atoms with van der Waals surface area (Å²) in [5.41, 5.74) is 0. The standard InChI is InChI=1S/C18H27N3O2S/c1-19-9-6-7-15(19)18(23)24-16-8-14-21(17(16)22)13-5-4-12-20-10-2-3-11-20/h15-16H,2-3,6-14H2,1H3/t15-,16-/m0/s1. The van der Waals surface area contributed by atoms with E-state index in [2.05, 4.69) is 21.6 Å². The first kappa shape index (κ1) is 17.8. The van der Waals surface area contributed by atoms with Crippen molar-refractivity contribution >= 4 is 22.8 Å². The largest absolute Gasteiger partial charge is 0.331 e. The molecular formula is C18H27N3O2S. The van der Waals surface area contributed by atoms with Crippen molar-refractivity contribution in [3.8, 4) is 11.8 Å². The number of hydrogen-bond acceptors (Lipinski definition) is 5. The van der Waals surface area contributed by atoms with Gasteiger partial charge in [0.2, 0.25) is 11.0 Å². The minimum Gasteiger partial charge on any atom is -0.331 e. The summed E-state index contributed by atoms with van der Waals surface area (Å²) in [4.78, 5) is 31.1. The van der Waals surface area contributed by atoms with E-state index in [1.54, 1.807) is 4.90 Å². The van der Waals surface area contributed by atoms with E-state index in [4.69, 9.17) is 0 Å². The Balaban J connectivity index is 1.43. The van der Waals surface area contributed by atoms with Gasteiger partial charge in [-0.05, 0) is 58.8 Å². The van der Waals surface area contributed by atoms with Crippen LogP contribution in [0.25, 0.3) is 0 Å². The third-order valence-corrected chi connectivity index (χ3v) is 6.42. The maximum atomic E-state index is 12.4. The summed E-state index contributed by atoms with van der Waals surface area (Å²) in [7, 11) is 1.99. The lowest BCUT2D eigenvalue weighted by Gasteiger charge is -2.19. The topological polar surface area (TPSA) is 43.9 Å². The average molecular weight is 350 g/mol. The molecule has 0 radical (unpaired) electrons. The van der Waals surface area contributed by atoms with Gasteiger partial charge in [-0.15, -0.1) is 0 Å². The molecule has 0 aromatic rings. The monoisotopic (exact) mass is 349 g/mol. The van der Waals surface area contributed by atoms with Gasteiger partial charge < -0.3 is 4.90 Å². The highest BCUT2D eigenvalue weighted by Crippen LogP contribution is 2.29. The molecule has 0 aromatic carbocycles. The fraction of sp³-hybridized carbons (Fsp3) is 0.778. The second-order valence-corrected chi connectivity index (χ2v) is 8.16. The second kappa shape index (κ2) is 8.37. The summed E-state index contributed by atoms with van der Waals surface area (Å²) >= 11 is 1.25. The summed E-state index contributed by atoms with van der Waals surface area (Å²) < 4.78 is 0. The van der Waals surface area contributed by atoms with Crippen molar-refractivity contribution in [1.29, 1.82) is 0 Å². The van der Waals surface area contributed by atoms with Gasteiger partial charge in [0.05, 0.1) is 24.4 Å². The molecule has 3 fully saturated rings. The molecule has 5 nitrogen and oxygen atoms in total. The quantitative estimate of drug-likeness (QED) is 0.710. The van der Waals surface area contributed by atoms with Gasteiger partial charge in [-0.2, -0.15) is 0 Å². The van der Waals surface area contributed by atoms with Crippen molar-refractivity contribution < 1.29 is 9.59 Å². The van der Waals surface area contributed by atoms with E-state index in [0.29, 0.717) is 6.54 Å². The van der Waals surface area contributed by atoms with E-state index >= 15 is 0 Å².